The van der Waals surface area contributed by atoms with Crippen LogP contribution in [0.4, 0.5) is 0 Å². The molecule has 0 N–H and O–H groups in total. The molecule has 142 valence electrons. The number of benzene rings is 3. The number of carbonyl (C=O) groups is 1. The Hall–Kier alpha value is -4.12. The fraction of sp³-hybridized carbons (Fsp3) is 0. The van der Waals surface area contributed by atoms with Crippen molar-refractivity contribution in [2.75, 3.05) is 0 Å². The maximum Gasteiger partial charge on any atom is 0.339 e. The molecule has 0 aliphatic rings. The molecule has 0 atom stereocenters. The number of rotatable bonds is 5. The average Bonchev–Trinajstić information content (AvgIpc) is 2.73. The second-order valence-corrected chi connectivity index (χ2v) is 6.17. The third-order valence-corrected chi connectivity index (χ3v) is 4.07. The van der Waals surface area contributed by atoms with E-state index >= 15 is 0 Å². The first-order chi connectivity index (χ1) is 14.2. The van der Waals surface area contributed by atoms with Crippen molar-refractivity contribution in [1.82, 2.24) is 0 Å². The van der Waals surface area contributed by atoms with Gasteiger partial charge in [-0.2, -0.15) is 0 Å². The van der Waals surface area contributed by atoms with Crippen LogP contribution in [0.2, 0.25) is 0 Å². The first kappa shape index (κ1) is 18.3. The molecule has 3 aromatic carbocycles. The zero-order valence-corrected chi connectivity index (χ0v) is 15.3. The smallest absolute Gasteiger partial charge is 0.339 e. The average molecular weight is 384 g/mol. The van der Waals surface area contributed by atoms with Gasteiger partial charge in [0.25, 0.3) is 0 Å². The van der Waals surface area contributed by atoms with Gasteiger partial charge in [-0.25, -0.2) is 9.59 Å². The minimum Gasteiger partial charge on any atom is -0.457 e. The Morgan fingerprint density at radius 3 is 2.45 bits per heavy atom. The van der Waals surface area contributed by atoms with Gasteiger partial charge >= 0.3 is 11.6 Å². The molecule has 0 unspecified atom stereocenters. The number of hydrogen-bond donors (Lipinski definition) is 0. The molecule has 0 amide bonds. The van der Waals surface area contributed by atoms with Crippen molar-refractivity contribution in [3.63, 3.8) is 0 Å². The summed E-state index contributed by atoms with van der Waals surface area (Å²) in [5, 5.41) is 0.548. The Balaban J connectivity index is 1.49. The van der Waals surface area contributed by atoms with Crippen molar-refractivity contribution in [3.8, 4) is 17.2 Å². The van der Waals surface area contributed by atoms with Crippen LogP contribution in [0.15, 0.2) is 100 Å². The Morgan fingerprint density at radius 1 is 0.828 bits per heavy atom. The van der Waals surface area contributed by atoms with Gasteiger partial charge in [-0.3, -0.25) is 0 Å². The molecule has 0 spiro atoms. The quantitative estimate of drug-likeness (QED) is 0.269. The van der Waals surface area contributed by atoms with E-state index in [0.29, 0.717) is 16.7 Å². The summed E-state index contributed by atoms with van der Waals surface area (Å²) in [6.45, 7) is 0. The lowest BCUT2D eigenvalue weighted by Crippen LogP contribution is -2.07. The number of para-hydroxylation sites is 2. The van der Waals surface area contributed by atoms with Crippen molar-refractivity contribution in [1.29, 1.82) is 0 Å². The topological polar surface area (TPSA) is 65.7 Å². The van der Waals surface area contributed by atoms with Crippen LogP contribution >= 0.6 is 0 Å². The summed E-state index contributed by atoms with van der Waals surface area (Å²) >= 11 is 0. The molecule has 5 nitrogen and oxygen atoms in total. The molecule has 5 heteroatoms. The number of hydrogen-bond acceptors (Lipinski definition) is 5. The SMILES string of the molecule is O=C(/C=C/c1cccc(Oc2ccccc2)c1)Oc1cc(=O)oc2ccccc12. The summed E-state index contributed by atoms with van der Waals surface area (Å²) in [7, 11) is 0. The highest BCUT2D eigenvalue weighted by molar-refractivity contribution is 5.92. The number of fused-ring (bicyclic) bond motifs is 1. The van der Waals surface area contributed by atoms with E-state index in [-0.39, 0.29) is 5.75 Å². The second-order valence-electron chi connectivity index (χ2n) is 6.17. The van der Waals surface area contributed by atoms with Crippen LogP contribution in [0.25, 0.3) is 17.0 Å². The van der Waals surface area contributed by atoms with Gasteiger partial charge in [0.15, 0.2) is 0 Å². The highest BCUT2D eigenvalue weighted by Gasteiger charge is 2.09. The zero-order chi connectivity index (χ0) is 20.1. The monoisotopic (exact) mass is 384 g/mol. The largest absolute Gasteiger partial charge is 0.457 e. The molecule has 29 heavy (non-hydrogen) atoms. The van der Waals surface area contributed by atoms with Crippen LogP contribution in [0.3, 0.4) is 0 Å². The van der Waals surface area contributed by atoms with Crippen molar-refractivity contribution in [3.05, 3.63) is 107 Å². The molecule has 0 radical (unpaired) electrons. The first-order valence-electron chi connectivity index (χ1n) is 8.93. The Morgan fingerprint density at radius 2 is 1.59 bits per heavy atom. The molecular weight excluding hydrogens is 368 g/mol. The number of carbonyl (C=O) groups excluding carboxylic acids is 1. The van der Waals surface area contributed by atoms with Gasteiger partial charge in [0.1, 0.15) is 22.8 Å². The van der Waals surface area contributed by atoms with Crippen LogP contribution in [0.1, 0.15) is 5.56 Å². The second kappa shape index (κ2) is 8.27. The minimum atomic E-state index is -0.602. The fourth-order valence-electron chi connectivity index (χ4n) is 2.78. The zero-order valence-electron chi connectivity index (χ0n) is 15.3. The molecule has 0 fully saturated rings. The van der Waals surface area contributed by atoms with E-state index < -0.39 is 11.6 Å². The Kier molecular flexibility index (Phi) is 5.21. The summed E-state index contributed by atoms with van der Waals surface area (Å²) in [6.07, 6.45) is 2.92. The van der Waals surface area contributed by atoms with E-state index in [1.54, 1.807) is 30.3 Å². The van der Waals surface area contributed by atoms with Crippen LogP contribution in [-0.2, 0) is 4.79 Å². The van der Waals surface area contributed by atoms with Gasteiger partial charge in [-0.1, -0.05) is 42.5 Å². The summed E-state index contributed by atoms with van der Waals surface area (Å²) in [6, 6.07) is 24.8. The summed E-state index contributed by atoms with van der Waals surface area (Å²) < 4.78 is 16.2. The first-order valence-corrected chi connectivity index (χ1v) is 8.93. The van der Waals surface area contributed by atoms with Gasteiger partial charge in [0, 0.05) is 6.08 Å². The lowest BCUT2D eigenvalue weighted by atomic mass is 10.2. The molecule has 0 aliphatic carbocycles. The van der Waals surface area contributed by atoms with Gasteiger partial charge in [0.2, 0.25) is 0 Å². The van der Waals surface area contributed by atoms with Gasteiger partial charge < -0.3 is 13.9 Å². The Bertz CT molecular complexity index is 1240. The molecule has 1 heterocycles. The van der Waals surface area contributed by atoms with Crippen LogP contribution < -0.4 is 15.1 Å². The summed E-state index contributed by atoms with van der Waals surface area (Å²) in [5.41, 5.74) is 0.548. The predicted octanol–water partition coefficient (Wildman–Crippen LogP) is 5.20. The van der Waals surface area contributed by atoms with E-state index in [2.05, 4.69) is 0 Å². The van der Waals surface area contributed by atoms with Gasteiger partial charge in [-0.15, -0.1) is 0 Å². The Labute approximate surface area is 166 Å². The van der Waals surface area contributed by atoms with E-state index in [4.69, 9.17) is 13.9 Å². The van der Waals surface area contributed by atoms with Crippen molar-refractivity contribution < 1.29 is 18.7 Å². The maximum absolute atomic E-state index is 12.2. The van der Waals surface area contributed by atoms with Gasteiger partial charge in [0.05, 0.1) is 11.5 Å². The van der Waals surface area contributed by atoms with Crippen LogP contribution in [-0.4, -0.2) is 5.97 Å². The van der Waals surface area contributed by atoms with E-state index in [1.807, 2.05) is 54.6 Å². The van der Waals surface area contributed by atoms with E-state index in [0.717, 1.165) is 17.4 Å². The fourth-order valence-corrected chi connectivity index (χ4v) is 2.78. The highest BCUT2D eigenvalue weighted by atomic mass is 16.5. The van der Waals surface area contributed by atoms with E-state index in [9.17, 15) is 9.59 Å². The van der Waals surface area contributed by atoms with Crippen LogP contribution in [0, 0.1) is 0 Å². The molecule has 0 saturated carbocycles. The molecule has 1 aromatic heterocycles. The third kappa shape index (κ3) is 4.59. The van der Waals surface area contributed by atoms with Crippen molar-refractivity contribution in [2.45, 2.75) is 0 Å². The number of esters is 1. The lowest BCUT2D eigenvalue weighted by Gasteiger charge is -2.06. The minimum absolute atomic E-state index is 0.160. The lowest BCUT2D eigenvalue weighted by molar-refractivity contribution is -0.128. The molecule has 4 aromatic rings. The van der Waals surface area contributed by atoms with Crippen LogP contribution in [0.5, 0.6) is 17.2 Å². The highest BCUT2D eigenvalue weighted by Crippen LogP contribution is 2.24. The molecule has 0 bridgehead atoms. The predicted molar refractivity (Wildman–Crippen MR) is 110 cm³/mol. The normalized spacial score (nSPS) is 10.9. The van der Waals surface area contributed by atoms with Crippen molar-refractivity contribution in [2.24, 2.45) is 0 Å². The summed E-state index contributed by atoms with van der Waals surface area (Å²) in [4.78, 5) is 23.9. The molecule has 4 rings (SSSR count). The summed E-state index contributed by atoms with van der Waals surface area (Å²) in [5.74, 6) is 0.934. The van der Waals surface area contributed by atoms with Gasteiger partial charge in [-0.05, 0) is 48.0 Å². The van der Waals surface area contributed by atoms with E-state index in [1.165, 1.54) is 6.08 Å². The standard InChI is InChI=1S/C24H16O5/c25-23(29-22-16-24(26)28-21-12-5-4-11-20(21)22)14-13-17-7-6-10-19(15-17)27-18-8-2-1-3-9-18/h1-16H/b14-13+. The third-order valence-electron chi connectivity index (χ3n) is 4.07. The van der Waals surface area contributed by atoms with Crippen molar-refractivity contribution >= 4 is 23.0 Å². The number of ether oxygens (including phenoxy) is 2. The maximum atomic E-state index is 12.2. The molecular formula is C24H16O5. The molecule has 0 saturated heterocycles. The molecule has 0 aliphatic heterocycles.